The molecule has 1 fully saturated rings. The van der Waals surface area contributed by atoms with Crippen LogP contribution in [0.25, 0.3) is 80.1 Å². The number of hydrogen-bond donors (Lipinski definition) is 0. The van der Waals surface area contributed by atoms with Crippen LogP contribution in [0.4, 0.5) is 11.8 Å². The van der Waals surface area contributed by atoms with E-state index in [4.69, 9.17) is 17.7 Å². The highest BCUT2D eigenvalue weighted by Gasteiger charge is 2.54. The summed E-state index contributed by atoms with van der Waals surface area (Å²) in [7, 11) is 6.27. The Hall–Kier alpha value is -10.8. The number of rotatable bonds is 8. The summed E-state index contributed by atoms with van der Waals surface area (Å²) in [4.78, 5) is 29.4. The van der Waals surface area contributed by atoms with E-state index < -0.39 is 0 Å². The van der Waals surface area contributed by atoms with Crippen molar-refractivity contribution in [3.05, 3.63) is 221 Å². The van der Waals surface area contributed by atoms with Crippen molar-refractivity contribution < 1.29 is 31.5 Å². The second-order valence-electron chi connectivity index (χ2n) is 32.0. The number of furan rings is 4. The molecule has 16 heterocycles. The van der Waals surface area contributed by atoms with Gasteiger partial charge in [-0.15, -0.1) is 0 Å². The molecule has 108 heavy (non-hydrogen) atoms. The summed E-state index contributed by atoms with van der Waals surface area (Å²) in [6.07, 6.45) is 25.8. The Kier molecular flexibility index (Phi) is 18.7. The molecule has 2 aromatic carbocycles. The van der Waals surface area contributed by atoms with Crippen molar-refractivity contribution >= 4 is 130 Å². The van der Waals surface area contributed by atoms with Gasteiger partial charge in [0.05, 0.1) is 37.9 Å². The number of hydrogen-bond acceptors (Lipinski definition) is 13. The average molecular weight is 1440 g/mol. The number of imidazole rings is 2. The number of aryl methyl sites for hydroxylation is 3. The van der Waals surface area contributed by atoms with E-state index in [9.17, 15) is 0 Å². The first-order valence-corrected chi connectivity index (χ1v) is 38.1. The molecule has 1 atom stereocenters. The minimum Gasteiger partial charge on any atom is -0.448 e. The molecule has 19 nitrogen and oxygen atoms in total. The van der Waals surface area contributed by atoms with Gasteiger partial charge in [-0.1, -0.05) is 89.6 Å². The first-order valence-electron chi connectivity index (χ1n) is 38.1. The van der Waals surface area contributed by atoms with Gasteiger partial charge in [0.1, 0.15) is 65.7 Å². The monoisotopic (exact) mass is 1440 g/mol. The Morgan fingerprint density at radius 3 is 1.59 bits per heavy atom. The zero-order chi connectivity index (χ0) is 76.4. The fourth-order valence-electron chi connectivity index (χ4n) is 18.0. The number of para-hydroxylation sites is 2. The van der Waals surface area contributed by atoms with E-state index in [0.29, 0.717) is 29.3 Å². The Morgan fingerprint density at radius 1 is 0.519 bits per heavy atom. The van der Waals surface area contributed by atoms with Crippen molar-refractivity contribution in [3.8, 4) is 11.4 Å². The highest BCUT2D eigenvalue weighted by atomic mass is 16.4. The third-order valence-electron chi connectivity index (χ3n) is 23.1. The zero-order valence-electron chi connectivity index (χ0n) is 66.8. The van der Waals surface area contributed by atoms with Gasteiger partial charge in [0.15, 0.2) is 0 Å². The van der Waals surface area contributed by atoms with E-state index in [-0.39, 0.29) is 38.3 Å². The number of benzene rings is 2. The smallest absolute Gasteiger partial charge is 0.437 e. The van der Waals surface area contributed by atoms with Crippen molar-refractivity contribution in [1.29, 1.82) is 0 Å². The first kappa shape index (κ1) is 72.8. The molecule has 11 aromatic heterocycles. The lowest BCUT2D eigenvalue weighted by molar-refractivity contribution is -0.751. The van der Waals surface area contributed by atoms with Gasteiger partial charge in [-0.05, 0) is 183 Å². The summed E-state index contributed by atoms with van der Waals surface area (Å²) in [5, 5.41) is 6.98. The first-order chi connectivity index (χ1) is 51.5. The lowest BCUT2D eigenvalue weighted by atomic mass is 9.54. The van der Waals surface area contributed by atoms with Crippen molar-refractivity contribution in [3.63, 3.8) is 0 Å². The molecule has 548 valence electrons. The summed E-state index contributed by atoms with van der Waals surface area (Å²) < 4.78 is 35.4. The number of nitrogens with zero attached hydrogens (tertiary/aromatic N) is 15. The Morgan fingerprint density at radius 2 is 1.06 bits per heavy atom. The van der Waals surface area contributed by atoms with Crippen LogP contribution in [0.3, 0.4) is 0 Å². The minimum atomic E-state index is 0.0306. The molecule has 0 bridgehead atoms. The largest absolute Gasteiger partial charge is 0.448 e. The highest BCUT2D eigenvalue weighted by molar-refractivity contribution is 6.80. The van der Waals surface area contributed by atoms with Crippen LogP contribution in [0.2, 0.25) is 27.3 Å². The van der Waals surface area contributed by atoms with E-state index in [1.165, 1.54) is 56.8 Å². The highest BCUT2D eigenvalue weighted by Crippen LogP contribution is 2.49. The van der Waals surface area contributed by atoms with Crippen LogP contribution < -0.4 is 50.4 Å². The van der Waals surface area contributed by atoms with E-state index in [1.807, 2.05) is 50.5 Å². The summed E-state index contributed by atoms with van der Waals surface area (Å²) in [6.45, 7) is 43.2. The molecule has 0 saturated carbocycles. The molecule has 1 unspecified atom stereocenters. The van der Waals surface area contributed by atoms with Crippen LogP contribution in [-0.2, 0) is 21.1 Å². The van der Waals surface area contributed by atoms with E-state index >= 15 is 0 Å². The Labute approximate surface area is 636 Å². The van der Waals surface area contributed by atoms with Crippen LogP contribution in [0.1, 0.15) is 154 Å². The number of pyridine rings is 4. The fraction of sp³-hybridized carbons (Fsp3) is 0.329. The fourth-order valence-corrected chi connectivity index (χ4v) is 18.0. The van der Waals surface area contributed by atoms with Gasteiger partial charge < -0.3 is 27.4 Å². The number of aromatic nitrogens is 10. The molecule has 0 N–H and O–H groups in total. The molecule has 23 heteroatoms. The van der Waals surface area contributed by atoms with Crippen molar-refractivity contribution in [1.82, 2.24) is 43.8 Å². The van der Waals surface area contributed by atoms with Gasteiger partial charge in [-0.2, -0.15) is 4.68 Å². The molecule has 13 aromatic rings. The third kappa shape index (κ3) is 12.3. The lowest BCUT2D eigenvalue weighted by Crippen LogP contribution is -2.62. The molecule has 5 aliphatic heterocycles. The van der Waals surface area contributed by atoms with Crippen LogP contribution in [0.5, 0.6) is 0 Å². The maximum atomic E-state index is 6.35. The lowest BCUT2D eigenvalue weighted by Gasteiger charge is -2.49. The normalized spacial score (nSPS) is 16.6. The van der Waals surface area contributed by atoms with Gasteiger partial charge >= 0.3 is 33.3 Å². The van der Waals surface area contributed by atoms with Gasteiger partial charge in [0, 0.05) is 110 Å². The van der Waals surface area contributed by atoms with Gasteiger partial charge in [-0.25, -0.2) is 48.1 Å². The second-order valence-corrected chi connectivity index (χ2v) is 32.0. The van der Waals surface area contributed by atoms with Crippen LogP contribution in [-0.4, -0.2) is 82.8 Å². The summed E-state index contributed by atoms with van der Waals surface area (Å²) in [6, 6.07) is 36.1. The second kappa shape index (κ2) is 27.8. The number of allylic oxidation sites excluding steroid dienone is 4. The van der Waals surface area contributed by atoms with Gasteiger partial charge in [0.2, 0.25) is 34.5 Å². The summed E-state index contributed by atoms with van der Waals surface area (Å²) in [5.41, 5.74) is 19.9. The zero-order valence-corrected chi connectivity index (χ0v) is 66.8. The van der Waals surface area contributed by atoms with E-state index in [0.717, 1.165) is 96.0 Å². The van der Waals surface area contributed by atoms with E-state index in [1.54, 1.807) is 18.6 Å². The molecule has 0 amide bonds. The Bertz CT molecular complexity index is 5740. The number of anilines is 2. The predicted octanol–water partition coefficient (Wildman–Crippen LogP) is 14.6. The maximum absolute atomic E-state index is 6.35. The molecular weight excluding hydrogens is 1340 g/mol. The van der Waals surface area contributed by atoms with Gasteiger partial charge in [-0.3, -0.25) is 4.81 Å². The molecule has 1 saturated heterocycles. The summed E-state index contributed by atoms with van der Waals surface area (Å²) in [5.74, 6) is 7.06. The van der Waals surface area contributed by atoms with Crippen LogP contribution in [0, 0.1) is 19.3 Å². The standard InChI is InChI=1S/C28H34BN4O.C22H22BN4O.C20H28BN3O.C15H16BN4O/c1-17(2)21-10-9-11-22(18(3)4)25(21)32-15-14-31(8)28(32)33-20(6)16-24-23-13-12-19(5)30-27(23)34-26(24)29(33)7;1-15-13-19-21(18-11-8-12-24-22(18)28-19)23(3)27(15)20-14-26(16(2)25(20)4)17-9-6-5-7-10-17;1-13-11-16-17(15-9-8-10-22-18(15)25-16)21(7)24(13)23-14(2)19(3,4)12-20(23,5)6;1-11-10-13-14(12-6-4-7-17-15(12)21-13)16(2)20(11)19-9-5-8-18(19)3/h9-18H,1-8H3;5-14H,1-4H3;8-11,14H,12H2,1-7H3;4-10H,1-3H3/q2*+1;;+1. The molecular formula is C85H100B4N15O4+3. The summed E-state index contributed by atoms with van der Waals surface area (Å²) >= 11 is 0. The van der Waals surface area contributed by atoms with Crippen molar-refractivity contribution in [2.24, 2.45) is 26.6 Å². The van der Waals surface area contributed by atoms with Crippen LogP contribution >= 0.6 is 0 Å². The molecule has 18 rings (SSSR count). The van der Waals surface area contributed by atoms with Crippen molar-refractivity contribution in [2.45, 2.75) is 161 Å². The maximum Gasteiger partial charge on any atom is 0.437 e. The average Bonchev–Trinajstić information content (AvgIpc) is 1.57. The number of fused-ring (bicyclic) bond motifs is 12. The predicted molar refractivity (Wildman–Crippen MR) is 442 cm³/mol. The third-order valence-corrected chi connectivity index (χ3v) is 23.1. The molecule has 0 aliphatic carbocycles. The topological polar surface area (TPSA) is 147 Å². The SMILES string of the molecule is CB1c2c(oc3ncccc23)C=C(C)N1N1C(C)C(C)(C)CC1(C)C.CB1c2c(oc3ncccc23)C=C(C)N1c1cn(-c2ccccc2)c(C)[n+]1C.CB1c2c(oc3ncccc23)C=C(C)N1n1ccc[n+]1C.CB1c2oc3nc(C)ccc3c2C=C(C)N1c1n(-c2c(C(C)C)cccc2C(C)C)cc[n+]1C. The minimum absolute atomic E-state index is 0.0306. The quantitative estimate of drug-likeness (QED) is 0.105. The van der Waals surface area contributed by atoms with Crippen molar-refractivity contribution in [2.75, 3.05) is 14.5 Å². The molecule has 0 radical (unpaired) electrons. The van der Waals surface area contributed by atoms with Crippen LogP contribution in [0.15, 0.2) is 193 Å². The van der Waals surface area contributed by atoms with Gasteiger partial charge in [0.25, 0.3) is 0 Å². The molecule has 5 aliphatic rings. The van der Waals surface area contributed by atoms with E-state index in [2.05, 4.69) is 332 Å². The molecule has 0 spiro atoms. The number of hydrazine groups is 1. The Balaban J connectivity index is 0.000000116.